The van der Waals surface area contributed by atoms with E-state index in [1.807, 2.05) is 18.2 Å². The van der Waals surface area contributed by atoms with E-state index in [1.54, 1.807) is 0 Å². The van der Waals surface area contributed by atoms with Crippen molar-refractivity contribution in [3.8, 4) is 11.5 Å². The van der Waals surface area contributed by atoms with Crippen molar-refractivity contribution >= 4 is 27.5 Å². The number of nitrogens with zero attached hydrogens (tertiary/aromatic N) is 3. The van der Waals surface area contributed by atoms with E-state index < -0.39 is 0 Å². The van der Waals surface area contributed by atoms with Crippen LogP contribution < -0.4 is 5.32 Å². The monoisotopic (exact) mass is 370 g/mol. The minimum atomic E-state index is 0.141. The summed E-state index contributed by atoms with van der Waals surface area (Å²) in [6, 6.07) is 5.65. The highest BCUT2D eigenvalue weighted by molar-refractivity contribution is 9.10. The molecule has 1 saturated heterocycles. The second kappa shape index (κ2) is 6.44. The molecule has 0 radical (unpaired) electrons. The molecule has 7 heteroatoms. The molecule has 3 rings (SSSR count). The Morgan fingerprint density at radius 3 is 2.90 bits per heavy atom. The third-order valence-electron chi connectivity index (χ3n) is 3.67. The Bertz CT molecular complexity index is 627. The molecule has 21 heavy (non-hydrogen) atoms. The minimum Gasteiger partial charge on any atom is -0.334 e. The van der Waals surface area contributed by atoms with Crippen LogP contribution in [0.4, 0.5) is 0 Å². The average molecular weight is 372 g/mol. The average Bonchev–Trinajstić information content (AvgIpc) is 2.99. The van der Waals surface area contributed by atoms with Crippen LogP contribution >= 0.6 is 27.5 Å². The molecule has 1 aromatic carbocycles. The third kappa shape index (κ3) is 3.29. The molecule has 1 atom stereocenters. The molecule has 2 heterocycles. The fourth-order valence-electron chi connectivity index (χ4n) is 2.41. The van der Waals surface area contributed by atoms with Gasteiger partial charge in [-0.15, -0.1) is 0 Å². The van der Waals surface area contributed by atoms with E-state index in [2.05, 4.69) is 43.2 Å². The summed E-state index contributed by atoms with van der Waals surface area (Å²) in [5.74, 6) is 1.19. The van der Waals surface area contributed by atoms with Gasteiger partial charge in [0.2, 0.25) is 0 Å². The van der Waals surface area contributed by atoms with E-state index in [1.165, 1.54) is 0 Å². The molecule has 1 aliphatic rings. The van der Waals surface area contributed by atoms with E-state index in [0.717, 1.165) is 36.2 Å². The lowest BCUT2D eigenvalue weighted by atomic mass is 10.2. The molecule has 2 aromatic rings. The van der Waals surface area contributed by atoms with E-state index >= 15 is 0 Å². The highest BCUT2D eigenvalue weighted by Gasteiger charge is 2.23. The molecule has 0 saturated carbocycles. The SMILES string of the molecule is CC(c1noc(-c2cc(Cl)ccc2Br)n1)N1CCNCC1. The van der Waals surface area contributed by atoms with Crippen molar-refractivity contribution in [3.05, 3.63) is 33.5 Å². The summed E-state index contributed by atoms with van der Waals surface area (Å²) in [4.78, 5) is 6.87. The molecule has 0 aliphatic carbocycles. The van der Waals surface area contributed by atoms with Crippen LogP contribution in [0.2, 0.25) is 5.02 Å². The fraction of sp³-hybridized carbons (Fsp3) is 0.429. The maximum Gasteiger partial charge on any atom is 0.259 e. The maximum absolute atomic E-state index is 6.03. The zero-order chi connectivity index (χ0) is 14.8. The Balaban J connectivity index is 1.84. The first-order chi connectivity index (χ1) is 10.1. The molecular weight excluding hydrogens is 356 g/mol. The van der Waals surface area contributed by atoms with Crippen molar-refractivity contribution in [2.75, 3.05) is 26.2 Å². The highest BCUT2D eigenvalue weighted by Crippen LogP contribution is 2.30. The van der Waals surface area contributed by atoms with Crippen LogP contribution in [0.25, 0.3) is 11.5 Å². The third-order valence-corrected chi connectivity index (χ3v) is 4.60. The van der Waals surface area contributed by atoms with E-state index in [0.29, 0.717) is 16.7 Å². The number of rotatable bonds is 3. The molecule has 0 spiro atoms. The number of benzene rings is 1. The Hall–Kier alpha value is -0.950. The summed E-state index contributed by atoms with van der Waals surface area (Å²) in [5, 5.41) is 8.11. The Kier molecular flexibility index (Phi) is 4.59. The van der Waals surface area contributed by atoms with Gasteiger partial charge in [-0.2, -0.15) is 4.98 Å². The lowest BCUT2D eigenvalue weighted by Gasteiger charge is -2.30. The van der Waals surface area contributed by atoms with Crippen molar-refractivity contribution < 1.29 is 4.52 Å². The van der Waals surface area contributed by atoms with Crippen molar-refractivity contribution in [1.82, 2.24) is 20.4 Å². The summed E-state index contributed by atoms with van der Waals surface area (Å²) >= 11 is 9.52. The summed E-state index contributed by atoms with van der Waals surface area (Å²) in [6.07, 6.45) is 0. The zero-order valence-electron chi connectivity index (χ0n) is 11.6. The zero-order valence-corrected chi connectivity index (χ0v) is 14.0. The minimum absolute atomic E-state index is 0.141. The topological polar surface area (TPSA) is 54.2 Å². The fourth-order valence-corrected chi connectivity index (χ4v) is 3.00. The number of aromatic nitrogens is 2. The summed E-state index contributed by atoms with van der Waals surface area (Å²) < 4.78 is 6.29. The van der Waals surface area contributed by atoms with Crippen molar-refractivity contribution in [1.29, 1.82) is 0 Å². The number of nitrogens with one attached hydrogen (secondary N) is 1. The van der Waals surface area contributed by atoms with Gasteiger partial charge in [-0.1, -0.05) is 16.8 Å². The van der Waals surface area contributed by atoms with Crippen LogP contribution in [-0.4, -0.2) is 41.2 Å². The summed E-state index contributed by atoms with van der Waals surface area (Å²) in [5.41, 5.74) is 0.814. The normalized spacial score (nSPS) is 17.9. The van der Waals surface area contributed by atoms with Gasteiger partial charge >= 0.3 is 0 Å². The largest absolute Gasteiger partial charge is 0.334 e. The van der Waals surface area contributed by atoms with E-state index in [4.69, 9.17) is 16.1 Å². The standard InChI is InChI=1S/C14H16BrClN4O/c1-9(20-6-4-17-5-7-20)13-18-14(21-19-13)11-8-10(16)2-3-12(11)15/h2-3,8-9,17H,4-7H2,1H3. The lowest BCUT2D eigenvalue weighted by molar-refractivity contribution is 0.176. The number of hydrogen-bond acceptors (Lipinski definition) is 5. The van der Waals surface area contributed by atoms with Gasteiger partial charge in [-0.05, 0) is 41.1 Å². The molecule has 1 aromatic heterocycles. The van der Waals surface area contributed by atoms with Gasteiger partial charge in [0.15, 0.2) is 5.82 Å². The number of halogens is 2. The molecule has 1 fully saturated rings. The number of hydrogen-bond donors (Lipinski definition) is 1. The first-order valence-electron chi connectivity index (χ1n) is 6.89. The van der Waals surface area contributed by atoms with Gasteiger partial charge in [-0.3, -0.25) is 4.90 Å². The Morgan fingerprint density at radius 2 is 2.14 bits per heavy atom. The first kappa shape index (κ1) is 15.0. The second-order valence-electron chi connectivity index (χ2n) is 5.04. The van der Waals surface area contributed by atoms with Crippen LogP contribution in [0.15, 0.2) is 27.2 Å². The Morgan fingerprint density at radius 1 is 1.38 bits per heavy atom. The van der Waals surface area contributed by atoms with Crippen LogP contribution in [0.5, 0.6) is 0 Å². The van der Waals surface area contributed by atoms with Crippen LogP contribution in [0.1, 0.15) is 18.8 Å². The molecule has 1 N–H and O–H groups in total. The summed E-state index contributed by atoms with van der Waals surface area (Å²) in [7, 11) is 0. The van der Waals surface area contributed by atoms with Crippen LogP contribution in [0, 0.1) is 0 Å². The van der Waals surface area contributed by atoms with E-state index in [-0.39, 0.29) is 6.04 Å². The van der Waals surface area contributed by atoms with Crippen molar-refractivity contribution in [3.63, 3.8) is 0 Å². The van der Waals surface area contributed by atoms with Crippen LogP contribution in [-0.2, 0) is 0 Å². The van der Waals surface area contributed by atoms with Gasteiger partial charge in [0.25, 0.3) is 5.89 Å². The van der Waals surface area contributed by atoms with Gasteiger partial charge < -0.3 is 9.84 Å². The van der Waals surface area contributed by atoms with Crippen molar-refractivity contribution in [2.45, 2.75) is 13.0 Å². The molecule has 0 bridgehead atoms. The molecular formula is C14H16BrClN4O. The smallest absolute Gasteiger partial charge is 0.259 e. The summed E-state index contributed by atoms with van der Waals surface area (Å²) in [6.45, 7) is 6.08. The van der Waals surface area contributed by atoms with E-state index in [9.17, 15) is 0 Å². The number of piperazine rings is 1. The maximum atomic E-state index is 6.03. The second-order valence-corrected chi connectivity index (χ2v) is 6.33. The molecule has 1 unspecified atom stereocenters. The van der Waals surface area contributed by atoms with Gasteiger partial charge in [0.1, 0.15) is 0 Å². The van der Waals surface area contributed by atoms with Gasteiger partial charge in [-0.25, -0.2) is 0 Å². The molecule has 1 aliphatic heterocycles. The molecule has 0 amide bonds. The van der Waals surface area contributed by atoms with Crippen molar-refractivity contribution in [2.24, 2.45) is 0 Å². The van der Waals surface area contributed by atoms with Gasteiger partial charge in [0, 0.05) is 35.7 Å². The molecule has 112 valence electrons. The highest BCUT2D eigenvalue weighted by atomic mass is 79.9. The Labute approximate surface area is 136 Å². The predicted octanol–water partition coefficient (Wildman–Crippen LogP) is 3.12. The van der Waals surface area contributed by atoms with Gasteiger partial charge in [0.05, 0.1) is 11.6 Å². The van der Waals surface area contributed by atoms with Crippen LogP contribution in [0.3, 0.4) is 0 Å². The lowest BCUT2D eigenvalue weighted by Crippen LogP contribution is -2.44. The first-order valence-corrected chi connectivity index (χ1v) is 8.06. The predicted molar refractivity (Wildman–Crippen MR) is 85.3 cm³/mol. The molecule has 5 nitrogen and oxygen atoms in total. The quantitative estimate of drug-likeness (QED) is 0.898.